The third-order valence-electron chi connectivity index (χ3n) is 2.52. The molecule has 1 aromatic carbocycles. The molecule has 0 atom stereocenters. The Kier molecular flexibility index (Phi) is 4.94. The minimum Gasteiger partial charge on any atom is -0.493 e. The summed E-state index contributed by atoms with van der Waals surface area (Å²) in [5.41, 5.74) is 0.00441. The Labute approximate surface area is 116 Å². The number of pyridine rings is 1. The molecule has 0 aliphatic carbocycles. The van der Waals surface area contributed by atoms with Crippen LogP contribution in [0.25, 0.3) is 0 Å². The number of nitrogens with zero attached hydrogens (tertiary/aromatic N) is 1. The maximum Gasteiger partial charge on any atom is 0.354 e. The van der Waals surface area contributed by atoms with E-state index in [0.717, 1.165) is 12.2 Å². The number of hydrogen-bond donors (Lipinski definition) is 1. The van der Waals surface area contributed by atoms with E-state index < -0.39 is 5.97 Å². The smallest absolute Gasteiger partial charge is 0.354 e. The van der Waals surface area contributed by atoms with Crippen LogP contribution in [0.5, 0.6) is 11.5 Å². The van der Waals surface area contributed by atoms with E-state index >= 15 is 0 Å². The van der Waals surface area contributed by atoms with Crippen molar-refractivity contribution in [3.05, 3.63) is 54.4 Å². The van der Waals surface area contributed by atoms with E-state index in [-0.39, 0.29) is 5.69 Å². The summed E-state index contributed by atoms with van der Waals surface area (Å²) in [6, 6.07) is 12.6. The number of rotatable bonds is 7. The minimum absolute atomic E-state index is 0.00441. The van der Waals surface area contributed by atoms with Crippen LogP contribution in [0.1, 0.15) is 16.9 Å². The number of carboxylic acid groups (broad SMARTS) is 1. The molecule has 104 valence electrons. The molecular weight excluding hydrogens is 258 g/mol. The number of benzene rings is 1. The van der Waals surface area contributed by atoms with Crippen LogP contribution in [0.2, 0.25) is 0 Å². The van der Waals surface area contributed by atoms with Crippen molar-refractivity contribution >= 4 is 5.97 Å². The monoisotopic (exact) mass is 273 g/mol. The van der Waals surface area contributed by atoms with Crippen molar-refractivity contribution in [1.82, 2.24) is 4.98 Å². The minimum atomic E-state index is -1.05. The molecule has 0 spiro atoms. The third kappa shape index (κ3) is 4.28. The fraction of sp³-hybridized carbons (Fsp3) is 0.200. The van der Waals surface area contributed by atoms with Gasteiger partial charge in [-0.25, -0.2) is 9.78 Å². The Balaban J connectivity index is 1.67. The van der Waals surface area contributed by atoms with Crippen molar-refractivity contribution in [2.75, 3.05) is 13.2 Å². The molecule has 1 heterocycles. The van der Waals surface area contributed by atoms with Crippen LogP contribution in [0.3, 0.4) is 0 Å². The molecule has 0 bridgehead atoms. The maximum atomic E-state index is 10.6. The van der Waals surface area contributed by atoms with E-state index in [1.165, 1.54) is 12.3 Å². The Bertz CT molecular complexity index is 540. The van der Waals surface area contributed by atoms with E-state index in [2.05, 4.69) is 4.98 Å². The van der Waals surface area contributed by atoms with Crippen LogP contribution in [0.15, 0.2) is 48.7 Å². The van der Waals surface area contributed by atoms with Gasteiger partial charge in [0.25, 0.3) is 0 Å². The lowest BCUT2D eigenvalue weighted by Crippen LogP contribution is -2.06. The van der Waals surface area contributed by atoms with Crippen molar-refractivity contribution < 1.29 is 19.4 Å². The van der Waals surface area contributed by atoms with Gasteiger partial charge in [-0.3, -0.25) is 0 Å². The molecule has 0 saturated heterocycles. The van der Waals surface area contributed by atoms with E-state index in [9.17, 15) is 4.79 Å². The fourth-order valence-electron chi connectivity index (χ4n) is 1.55. The molecule has 0 unspecified atom stereocenters. The van der Waals surface area contributed by atoms with Gasteiger partial charge in [-0.1, -0.05) is 18.2 Å². The zero-order chi connectivity index (χ0) is 14.2. The van der Waals surface area contributed by atoms with E-state index in [1.54, 1.807) is 6.07 Å². The first-order valence-electron chi connectivity index (χ1n) is 6.26. The van der Waals surface area contributed by atoms with Gasteiger partial charge in [0, 0.05) is 6.42 Å². The number of ether oxygens (including phenoxy) is 2. The summed E-state index contributed by atoms with van der Waals surface area (Å²) >= 11 is 0. The van der Waals surface area contributed by atoms with Crippen LogP contribution in [0, 0.1) is 0 Å². The van der Waals surface area contributed by atoms with Crippen molar-refractivity contribution in [3.8, 4) is 11.5 Å². The summed E-state index contributed by atoms with van der Waals surface area (Å²) < 4.78 is 11.0. The summed E-state index contributed by atoms with van der Waals surface area (Å²) in [7, 11) is 0. The van der Waals surface area contributed by atoms with Gasteiger partial charge in [-0.2, -0.15) is 0 Å². The topological polar surface area (TPSA) is 68.7 Å². The molecule has 5 nitrogen and oxygen atoms in total. The predicted octanol–water partition coefficient (Wildman–Crippen LogP) is 2.63. The summed E-state index contributed by atoms with van der Waals surface area (Å²) in [5.74, 6) is 0.336. The Morgan fingerprint density at radius 3 is 2.30 bits per heavy atom. The van der Waals surface area contributed by atoms with Crippen LogP contribution in [-0.4, -0.2) is 29.3 Å². The van der Waals surface area contributed by atoms with Gasteiger partial charge in [-0.05, 0) is 24.3 Å². The van der Waals surface area contributed by atoms with Crippen molar-refractivity contribution in [3.63, 3.8) is 0 Å². The lowest BCUT2D eigenvalue weighted by Gasteiger charge is -2.07. The average molecular weight is 273 g/mol. The number of para-hydroxylation sites is 1. The number of hydrogen-bond acceptors (Lipinski definition) is 4. The fourth-order valence-corrected chi connectivity index (χ4v) is 1.55. The standard InChI is InChI=1S/C15H15NO4/c17-15(18)14-8-7-13(11-16-14)20-10-4-9-19-12-5-2-1-3-6-12/h1-3,5-8,11H,4,9-10H2,(H,17,18). The molecule has 5 heteroatoms. The molecule has 1 aromatic heterocycles. The van der Waals surface area contributed by atoms with Gasteiger partial charge < -0.3 is 14.6 Å². The highest BCUT2D eigenvalue weighted by atomic mass is 16.5. The Hall–Kier alpha value is -2.56. The second-order valence-corrected chi connectivity index (χ2v) is 4.05. The first-order chi connectivity index (χ1) is 9.75. The first kappa shape index (κ1) is 13.9. The lowest BCUT2D eigenvalue weighted by molar-refractivity contribution is 0.0690. The van der Waals surface area contributed by atoms with E-state index in [1.807, 2.05) is 30.3 Å². The highest BCUT2D eigenvalue weighted by molar-refractivity contribution is 5.85. The Morgan fingerprint density at radius 2 is 1.70 bits per heavy atom. The van der Waals surface area contributed by atoms with Gasteiger partial charge in [-0.15, -0.1) is 0 Å². The predicted molar refractivity (Wildman–Crippen MR) is 73.2 cm³/mol. The van der Waals surface area contributed by atoms with Gasteiger partial charge in [0.05, 0.1) is 19.4 Å². The maximum absolute atomic E-state index is 10.6. The van der Waals surface area contributed by atoms with Gasteiger partial charge in [0.15, 0.2) is 0 Å². The summed E-state index contributed by atoms with van der Waals surface area (Å²) in [5, 5.41) is 8.71. The van der Waals surface area contributed by atoms with Gasteiger partial charge >= 0.3 is 5.97 Å². The molecule has 20 heavy (non-hydrogen) atoms. The second kappa shape index (κ2) is 7.13. The normalized spacial score (nSPS) is 10.0. The molecule has 1 N–H and O–H groups in total. The number of carboxylic acids is 1. The highest BCUT2D eigenvalue weighted by Crippen LogP contribution is 2.11. The number of carbonyl (C=O) groups is 1. The zero-order valence-corrected chi connectivity index (χ0v) is 10.9. The molecule has 0 amide bonds. The van der Waals surface area contributed by atoms with E-state index in [4.69, 9.17) is 14.6 Å². The molecule has 0 fully saturated rings. The van der Waals surface area contributed by atoms with Crippen molar-refractivity contribution in [2.24, 2.45) is 0 Å². The summed E-state index contributed by atoms with van der Waals surface area (Å²) in [6.45, 7) is 1.05. The quantitative estimate of drug-likeness (QED) is 0.785. The molecular formula is C15H15NO4. The SMILES string of the molecule is O=C(O)c1ccc(OCCCOc2ccccc2)cn1. The summed E-state index contributed by atoms with van der Waals surface area (Å²) in [4.78, 5) is 14.4. The Morgan fingerprint density at radius 1 is 1.00 bits per heavy atom. The zero-order valence-electron chi connectivity index (χ0n) is 10.9. The van der Waals surface area contributed by atoms with Crippen LogP contribution in [-0.2, 0) is 0 Å². The average Bonchev–Trinajstić information content (AvgIpc) is 2.48. The highest BCUT2D eigenvalue weighted by Gasteiger charge is 2.03. The lowest BCUT2D eigenvalue weighted by atomic mass is 10.3. The molecule has 2 rings (SSSR count). The van der Waals surface area contributed by atoms with Crippen molar-refractivity contribution in [1.29, 1.82) is 0 Å². The number of aromatic carboxylic acids is 1. The van der Waals surface area contributed by atoms with Gasteiger partial charge in [0.2, 0.25) is 0 Å². The second-order valence-electron chi connectivity index (χ2n) is 4.05. The van der Waals surface area contributed by atoms with E-state index in [0.29, 0.717) is 19.0 Å². The molecule has 0 radical (unpaired) electrons. The van der Waals surface area contributed by atoms with Crippen molar-refractivity contribution in [2.45, 2.75) is 6.42 Å². The van der Waals surface area contributed by atoms with Crippen LogP contribution < -0.4 is 9.47 Å². The molecule has 0 aliphatic rings. The molecule has 0 aliphatic heterocycles. The molecule has 2 aromatic rings. The first-order valence-corrected chi connectivity index (χ1v) is 6.26. The molecule has 0 saturated carbocycles. The van der Waals surface area contributed by atoms with Crippen LogP contribution >= 0.6 is 0 Å². The third-order valence-corrected chi connectivity index (χ3v) is 2.52. The number of aromatic nitrogens is 1. The van der Waals surface area contributed by atoms with Crippen LogP contribution in [0.4, 0.5) is 0 Å². The largest absolute Gasteiger partial charge is 0.493 e. The summed E-state index contributed by atoms with van der Waals surface area (Å²) in [6.07, 6.45) is 2.14. The van der Waals surface area contributed by atoms with Gasteiger partial charge in [0.1, 0.15) is 17.2 Å².